The van der Waals surface area contributed by atoms with Gasteiger partial charge in [0.15, 0.2) is 0 Å². The third-order valence-electron chi connectivity index (χ3n) is 2.65. The van der Waals surface area contributed by atoms with Crippen LogP contribution >= 0.6 is 0 Å². The van der Waals surface area contributed by atoms with E-state index < -0.39 is 39.6 Å². The Kier molecular flexibility index (Phi) is 4.39. The topological polar surface area (TPSA) is 119 Å². The Balaban J connectivity index is 3.55. The van der Waals surface area contributed by atoms with Crippen LogP contribution in [0.2, 0.25) is 0 Å². The quantitative estimate of drug-likeness (QED) is 0.371. The van der Waals surface area contributed by atoms with Crippen LogP contribution in [0.5, 0.6) is 0 Å². The van der Waals surface area contributed by atoms with Crippen LogP contribution in [0.25, 0.3) is 0 Å². The molecule has 0 aliphatic heterocycles. The van der Waals surface area contributed by atoms with Crippen molar-refractivity contribution >= 4 is 17.4 Å². The zero-order valence-electron chi connectivity index (χ0n) is 11.0. The average Bonchev–Trinajstić information content (AvgIpc) is 2.35. The van der Waals surface area contributed by atoms with E-state index in [0.717, 1.165) is 20.0 Å². The first-order chi connectivity index (χ1) is 9.46. The fourth-order valence-electron chi connectivity index (χ4n) is 1.61. The number of carbonyl (C=O) groups excluding carboxylic acids is 1. The number of nitro benzene ring substituents is 1. The second-order valence-corrected chi connectivity index (χ2v) is 4.16. The number of non-ortho nitro benzene ring substituents is 1. The first-order valence-corrected chi connectivity index (χ1v) is 5.40. The molecule has 0 unspecified atom stereocenters. The summed E-state index contributed by atoms with van der Waals surface area (Å²) in [5.74, 6) is 10.5. The van der Waals surface area contributed by atoms with Crippen LogP contribution < -0.4 is 16.7 Å². The Morgan fingerprint density at radius 2 is 1.86 bits per heavy atom. The van der Waals surface area contributed by atoms with Crippen molar-refractivity contribution in [3.63, 3.8) is 0 Å². The molecule has 0 saturated carbocycles. The van der Waals surface area contributed by atoms with Gasteiger partial charge in [0.25, 0.3) is 5.69 Å². The number of hydrazine groups is 2. The number of hydrogen-bond acceptors (Lipinski definition) is 5. The summed E-state index contributed by atoms with van der Waals surface area (Å²) in [6, 6.07) is 0.113. The molecule has 116 valence electrons. The molecule has 0 aliphatic carbocycles. The molecule has 0 radical (unpaired) electrons. The Hall–Kier alpha value is -2.40. The van der Waals surface area contributed by atoms with E-state index in [1.165, 1.54) is 0 Å². The van der Waals surface area contributed by atoms with Gasteiger partial charge < -0.3 is 0 Å². The number of benzene rings is 1. The molecule has 1 rings (SSSR count). The summed E-state index contributed by atoms with van der Waals surface area (Å²) in [4.78, 5) is 21.3. The zero-order chi connectivity index (χ0) is 16.5. The molecule has 1 aromatic rings. The predicted molar refractivity (Wildman–Crippen MR) is 66.8 cm³/mol. The van der Waals surface area contributed by atoms with Crippen molar-refractivity contribution in [1.29, 1.82) is 0 Å². The summed E-state index contributed by atoms with van der Waals surface area (Å²) in [5.41, 5.74) is -2.98. The van der Waals surface area contributed by atoms with Gasteiger partial charge in [-0.2, -0.15) is 13.2 Å². The van der Waals surface area contributed by atoms with Crippen molar-refractivity contribution in [2.24, 2.45) is 11.7 Å². The standard InChI is InChI=1S/C10H12F3N5O3/c1-5-7(10(11,12)13)3-6(18(20)21)4-8(5)17(15)9(19)16(2)14/h3-4H,14-15H2,1-2H3. The minimum Gasteiger partial charge on any atom is -0.264 e. The second kappa shape index (κ2) is 5.54. The SMILES string of the molecule is Cc1c(N(N)C(=O)N(C)N)cc([N+](=O)[O-])cc1C(F)(F)F. The van der Waals surface area contributed by atoms with Gasteiger partial charge in [0.05, 0.1) is 16.2 Å². The van der Waals surface area contributed by atoms with Crippen molar-refractivity contribution in [2.45, 2.75) is 13.1 Å². The Bertz CT molecular complexity index is 588. The van der Waals surface area contributed by atoms with Crippen LogP contribution in [-0.4, -0.2) is 23.0 Å². The third-order valence-corrected chi connectivity index (χ3v) is 2.65. The summed E-state index contributed by atoms with van der Waals surface area (Å²) in [6.45, 7) is 1.05. The molecule has 21 heavy (non-hydrogen) atoms. The molecule has 8 nitrogen and oxygen atoms in total. The number of alkyl halides is 3. The number of hydrogen-bond donors (Lipinski definition) is 2. The zero-order valence-corrected chi connectivity index (χ0v) is 11.0. The van der Waals surface area contributed by atoms with Crippen LogP contribution in [-0.2, 0) is 6.18 Å². The molecule has 0 atom stereocenters. The normalized spacial score (nSPS) is 11.2. The van der Waals surface area contributed by atoms with Crippen molar-refractivity contribution in [2.75, 3.05) is 12.1 Å². The summed E-state index contributed by atoms with van der Waals surface area (Å²) >= 11 is 0. The van der Waals surface area contributed by atoms with Gasteiger partial charge in [-0.15, -0.1) is 0 Å². The van der Waals surface area contributed by atoms with Crippen LogP contribution in [0.3, 0.4) is 0 Å². The van der Waals surface area contributed by atoms with Crippen LogP contribution in [0.4, 0.5) is 29.3 Å². The highest BCUT2D eigenvalue weighted by Gasteiger charge is 2.36. The third kappa shape index (κ3) is 3.38. The van der Waals surface area contributed by atoms with Gasteiger partial charge in [-0.3, -0.25) is 15.1 Å². The molecule has 0 spiro atoms. The van der Waals surface area contributed by atoms with E-state index in [0.29, 0.717) is 16.1 Å². The first kappa shape index (κ1) is 16.7. The molecule has 2 amide bonds. The molecule has 0 aliphatic rings. The predicted octanol–water partition coefficient (Wildman–Crippen LogP) is 1.53. The molecule has 0 fully saturated rings. The van der Waals surface area contributed by atoms with Crippen molar-refractivity contribution in [1.82, 2.24) is 5.01 Å². The van der Waals surface area contributed by atoms with E-state index in [4.69, 9.17) is 11.7 Å². The van der Waals surface area contributed by atoms with Gasteiger partial charge in [-0.1, -0.05) is 0 Å². The van der Waals surface area contributed by atoms with Gasteiger partial charge in [0.1, 0.15) is 0 Å². The molecule has 0 heterocycles. The Morgan fingerprint density at radius 3 is 2.24 bits per heavy atom. The molecule has 0 saturated heterocycles. The monoisotopic (exact) mass is 307 g/mol. The summed E-state index contributed by atoms with van der Waals surface area (Å²) in [6.07, 6.45) is -4.83. The molecule has 1 aromatic carbocycles. The molecule has 11 heteroatoms. The minimum atomic E-state index is -4.83. The van der Waals surface area contributed by atoms with Gasteiger partial charge in [0, 0.05) is 19.2 Å². The fraction of sp³-hybridized carbons (Fsp3) is 0.300. The number of urea groups is 1. The lowest BCUT2D eigenvalue weighted by atomic mass is 10.0. The van der Waals surface area contributed by atoms with Crippen molar-refractivity contribution < 1.29 is 22.9 Å². The van der Waals surface area contributed by atoms with E-state index >= 15 is 0 Å². The molecule has 4 N–H and O–H groups in total. The molecule has 0 bridgehead atoms. The number of carbonyl (C=O) groups is 1. The molecular weight excluding hydrogens is 295 g/mol. The highest BCUT2D eigenvalue weighted by molar-refractivity contribution is 5.91. The van der Waals surface area contributed by atoms with E-state index in [1.54, 1.807) is 0 Å². The number of nitro groups is 1. The number of nitrogens with zero attached hydrogens (tertiary/aromatic N) is 3. The summed E-state index contributed by atoms with van der Waals surface area (Å²) in [5, 5.41) is 11.6. The Labute approximate surface area is 116 Å². The molecule has 0 aromatic heterocycles. The average molecular weight is 307 g/mol. The highest BCUT2D eigenvalue weighted by atomic mass is 19.4. The van der Waals surface area contributed by atoms with Gasteiger partial charge in [0.2, 0.25) is 0 Å². The van der Waals surface area contributed by atoms with Crippen molar-refractivity contribution in [3.05, 3.63) is 33.4 Å². The van der Waals surface area contributed by atoms with E-state index in [2.05, 4.69) is 0 Å². The lowest BCUT2D eigenvalue weighted by Crippen LogP contribution is -2.49. The maximum Gasteiger partial charge on any atom is 0.416 e. The van der Waals surface area contributed by atoms with E-state index in [1.807, 2.05) is 0 Å². The number of anilines is 1. The maximum atomic E-state index is 12.9. The van der Waals surface area contributed by atoms with E-state index in [-0.39, 0.29) is 0 Å². The van der Waals surface area contributed by atoms with Crippen LogP contribution in [0, 0.1) is 17.0 Å². The number of amides is 2. The maximum absolute atomic E-state index is 12.9. The smallest absolute Gasteiger partial charge is 0.264 e. The fourth-order valence-corrected chi connectivity index (χ4v) is 1.61. The summed E-state index contributed by atoms with van der Waals surface area (Å²) < 4.78 is 38.7. The van der Waals surface area contributed by atoms with E-state index in [9.17, 15) is 28.1 Å². The largest absolute Gasteiger partial charge is 0.416 e. The van der Waals surface area contributed by atoms with Crippen LogP contribution in [0.15, 0.2) is 12.1 Å². The van der Waals surface area contributed by atoms with Gasteiger partial charge in [-0.25, -0.2) is 21.5 Å². The second-order valence-electron chi connectivity index (χ2n) is 4.16. The van der Waals surface area contributed by atoms with Crippen LogP contribution in [0.1, 0.15) is 11.1 Å². The lowest BCUT2D eigenvalue weighted by Gasteiger charge is -2.23. The number of rotatable bonds is 2. The van der Waals surface area contributed by atoms with Gasteiger partial charge >= 0.3 is 12.2 Å². The molecular formula is C10H12F3N5O3. The lowest BCUT2D eigenvalue weighted by molar-refractivity contribution is -0.385. The highest BCUT2D eigenvalue weighted by Crippen LogP contribution is 2.38. The van der Waals surface area contributed by atoms with Crippen molar-refractivity contribution in [3.8, 4) is 0 Å². The first-order valence-electron chi connectivity index (χ1n) is 5.40. The van der Waals surface area contributed by atoms with Gasteiger partial charge in [-0.05, 0) is 12.5 Å². The Morgan fingerprint density at radius 1 is 1.33 bits per heavy atom. The minimum absolute atomic E-state index is 0.317. The number of nitrogens with two attached hydrogens (primary N) is 2. The summed E-state index contributed by atoms with van der Waals surface area (Å²) in [7, 11) is 1.12. The number of halogens is 3.